The summed E-state index contributed by atoms with van der Waals surface area (Å²) < 4.78 is 1.92. The molecule has 0 N–H and O–H groups in total. The third-order valence-corrected chi connectivity index (χ3v) is 4.12. The molecule has 1 heterocycles. The highest BCUT2D eigenvalue weighted by Gasteiger charge is 2.11. The number of hydrogen-bond acceptors (Lipinski definition) is 2. The van der Waals surface area contributed by atoms with Crippen LogP contribution >= 0.6 is 0 Å². The molecule has 0 saturated heterocycles. The van der Waals surface area contributed by atoms with Crippen LogP contribution in [0.3, 0.4) is 0 Å². The number of rotatable bonds is 5. The Morgan fingerprint density at radius 3 is 2.44 bits per heavy atom. The second kappa shape index (κ2) is 8.30. The molecule has 3 heteroatoms. The normalized spacial score (nSPS) is 10.3. The molecular formula is C22H23N3. The lowest BCUT2D eigenvalue weighted by atomic mass is 10.1. The predicted octanol–water partition coefficient (Wildman–Crippen LogP) is 4.38. The molecule has 0 aliphatic rings. The van der Waals surface area contributed by atoms with Gasteiger partial charge in [-0.05, 0) is 43.4 Å². The molecule has 126 valence electrons. The number of benzene rings is 2. The van der Waals surface area contributed by atoms with Crippen LogP contribution in [0.5, 0.6) is 0 Å². The Kier molecular flexibility index (Phi) is 5.64. The zero-order valence-corrected chi connectivity index (χ0v) is 14.9. The van der Waals surface area contributed by atoms with Crippen LogP contribution < -0.4 is 0 Å². The van der Waals surface area contributed by atoms with Crippen molar-refractivity contribution >= 4 is 0 Å². The van der Waals surface area contributed by atoms with Gasteiger partial charge >= 0.3 is 0 Å². The molecular weight excluding hydrogens is 306 g/mol. The molecule has 0 unspecified atom stereocenters. The van der Waals surface area contributed by atoms with Gasteiger partial charge in [-0.2, -0.15) is 0 Å². The van der Waals surface area contributed by atoms with E-state index in [1.54, 1.807) is 0 Å². The van der Waals surface area contributed by atoms with Gasteiger partial charge in [0.15, 0.2) is 0 Å². The largest absolute Gasteiger partial charge is 0.232 e. The van der Waals surface area contributed by atoms with Gasteiger partial charge in [-0.3, -0.25) is 0 Å². The van der Waals surface area contributed by atoms with Crippen LogP contribution in [0, 0.1) is 18.8 Å². The fourth-order valence-electron chi connectivity index (χ4n) is 2.63. The van der Waals surface area contributed by atoms with Gasteiger partial charge in [0, 0.05) is 5.56 Å². The third-order valence-electron chi connectivity index (χ3n) is 4.12. The average Bonchev–Trinajstić information content (AvgIpc) is 3.02. The minimum absolute atomic E-state index is 0.692. The van der Waals surface area contributed by atoms with E-state index in [2.05, 4.69) is 72.4 Å². The molecule has 0 bridgehead atoms. The van der Waals surface area contributed by atoms with E-state index in [0.717, 1.165) is 36.2 Å². The molecule has 1 aromatic heterocycles. The number of hydrogen-bond donors (Lipinski definition) is 0. The summed E-state index contributed by atoms with van der Waals surface area (Å²) in [6, 6.07) is 18.6. The van der Waals surface area contributed by atoms with Gasteiger partial charge < -0.3 is 0 Å². The second-order valence-electron chi connectivity index (χ2n) is 6.25. The lowest BCUT2D eigenvalue weighted by Gasteiger charge is -2.03. The number of nitrogens with zero attached hydrogens (tertiary/aromatic N) is 3. The first-order chi connectivity index (χ1) is 12.3. The highest BCUT2D eigenvalue weighted by molar-refractivity contribution is 5.42. The summed E-state index contributed by atoms with van der Waals surface area (Å²) in [6.45, 7) is 4.96. The summed E-state index contributed by atoms with van der Waals surface area (Å²) in [6.07, 6.45) is 3.16. The van der Waals surface area contributed by atoms with E-state index in [1.165, 1.54) is 11.1 Å². The fraction of sp³-hybridized carbons (Fsp3) is 0.273. The highest BCUT2D eigenvalue weighted by Crippen LogP contribution is 2.11. The molecule has 0 fully saturated rings. The van der Waals surface area contributed by atoms with Crippen molar-refractivity contribution in [2.75, 3.05) is 0 Å². The van der Waals surface area contributed by atoms with Crippen LogP contribution in [-0.2, 0) is 13.0 Å². The van der Waals surface area contributed by atoms with Crippen molar-refractivity contribution in [1.29, 1.82) is 0 Å². The van der Waals surface area contributed by atoms with E-state index in [9.17, 15) is 0 Å². The number of aryl methyl sites for hydroxylation is 2. The Bertz CT molecular complexity index is 865. The van der Waals surface area contributed by atoms with E-state index in [-0.39, 0.29) is 0 Å². The van der Waals surface area contributed by atoms with Crippen molar-refractivity contribution < 1.29 is 0 Å². The molecule has 0 radical (unpaired) electrons. The first-order valence-corrected chi connectivity index (χ1v) is 8.81. The van der Waals surface area contributed by atoms with Gasteiger partial charge in [0.05, 0.1) is 12.2 Å². The fourth-order valence-corrected chi connectivity index (χ4v) is 2.63. The average molecular weight is 329 g/mol. The van der Waals surface area contributed by atoms with Crippen LogP contribution in [0.15, 0.2) is 54.6 Å². The van der Waals surface area contributed by atoms with Crippen molar-refractivity contribution in [3.05, 3.63) is 82.7 Å². The van der Waals surface area contributed by atoms with E-state index in [4.69, 9.17) is 0 Å². The Labute approximate surface area is 149 Å². The molecule has 0 aliphatic heterocycles. The van der Waals surface area contributed by atoms with Gasteiger partial charge in [-0.25, -0.2) is 4.68 Å². The van der Waals surface area contributed by atoms with Gasteiger partial charge in [-0.1, -0.05) is 72.5 Å². The Balaban J connectivity index is 1.91. The van der Waals surface area contributed by atoms with Crippen molar-refractivity contribution in [3.8, 4) is 11.8 Å². The van der Waals surface area contributed by atoms with Crippen LogP contribution in [0.25, 0.3) is 0 Å². The van der Waals surface area contributed by atoms with Gasteiger partial charge in [0.25, 0.3) is 0 Å². The molecule has 3 aromatic rings. The summed E-state index contributed by atoms with van der Waals surface area (Å²) in [5.74, 6) is 6.58. The summed E-state index contributed by atoms with van der Waals surface area (Å²) >= 11 is 0. The maximum Gasteiger partial charge on any atom is 0.135 e. The Morgan fingerprint density at radius 1 is 0.960 bits per heavy atom. The van der Waals surface area contributed by atoms with Gasteiger partial charge in [0.1, 0.15) is 5.69 Å². The molecule has 0 atom stereocenters. The molecule has 0 aliphatic carbocycles. The molecule has 0 saturated carbocycles. The SMILES string of the molecule is CCCCc1nnn(Cc2ccccc2)c1C#Cc1ccc(C)cc1. The van der Waals surface area contributed by atoms with Gasteiger partial charge in [-0.15, -0.1) is 5.10 Å². The second-order valence-corrected chi connectivity index (χ2v) is 6.25. The standard InChI is InChI=1S/C22H23N3/c1-3-4-10-21-22(16-15-19-13-11-18(2)12-14-19)25(24-23-21)17-20-8-6-5-7-9-20/h5-9,11-14H,3-4,10,17H2,1-2H3. The Morgan fingerprint density at radius 2 is 1.72 bits per heavy atom. The lowest BCUT2D eigenvalue weighted by molar-refractivity contribution is 0.643. The van der Waals surface area contributed by atoms with E-state index < -0.39 is 0 Å². The monoisotopic (exact) mass is 329 g/mol. The Hall–Kier alpha value is -2.86. The van der Waals surface area contributed by atoms with E-state index in [1.807, 2.05) is 22.9 Å². The minimum Gasteiger partial charge on any atom is -0.232 e. The molecule has 0 amide bonds. The third kappa shape index (κ3) is 4.58. The lowest BCUT2D eigenvalue weighted by Crippen LogP contribution is -2.05. The first-order valence-electron chi connectivity index (χ1n) is 8.81. The minimum atomic E-state index is 0.692. The molecule has 25 heavy (non-hydrogen) atoms. The van der Waals surface area contributed by atoms with Crippen molar-refractivity contribution in [2.45, 2.75) is 39.7 Å². The van der Waals surface area contributed by atoms with Crippen LogP contribution in [0.2, 0.25) is 0 Å². The van der Waals surface area contributed by atoms with E-state index >= 15 is 0 Å². The number of aromatic nitrogens is 3. The molecule has 3 nitrogen and oxygen atoms in total. The van der Waals surface area contributed by atoms with Crippen molar-refractivity contribution in [1.82, 2.24) is 15.0 Å². The molecule has 2 aromatic carbocycles. The summed E-state index contributed by atoms with van der Waals surface area (Å²) in [5, 5.41) is 8.74. The maximum atomic E-state index is 4.39. The highest BCUT2D eigenvalue weighted by atomic mass is 15.4. The summed E-state index contributed by atoms with van der Waals surface area (Å²) in [7, 11) is 0. The van der Waals surface area contributed by atoms with Gasteiger partial charge in [0.2, 0.25) is 0 Å². The van der Waals surface area contributed by atoms with Crippen molar-refractivity contribution in [3.63, 3.8) is 0 Å². The number of unbranched alkanes of at least 4 members (excludes halogenated alkanes) is 1. The van der Waals surface area contributed by atoms with Crippen LogP contribution in [0.4, 0.5) is 0 Å². The molecule has 3 rings (SSSR count). The first kappa shape index (κ1) is 17.0. The quantitative estimate of drug-likeness (QED) is 0.651. The smallest absolute Gasteiger partial charge is 0.135 e. The molecule has 0 spiro atoms. The summed E-state index contributed by atoms with van der Waals surface area (Å²) in [5.41, 5.74) is 5.38. The van der Waals surface area contributed by atoms with Crippen LogP contribution in [0.1, 0.15) is 47.8 Å². The van der Waals surface area contributed by atoms with Crippen LogP contribution in [-0.4, -0.2) is 15.0 Å². The summed E-state index contributed by atoms with van der Waals surface area (Å²) in [4.78, 5) is 0. The van der Waals surface area contributed by atoms with Crippen molar-refractivity contribution in [2.24, 2.45) is 0 Å². The van der Waals surface area contributed by atoms with E-state index in [0.29, 0.717) is 6.54 Å². The topological polar surface area (TPSA) is 30.7 Å². The zero-order valence-electron chi connectivity index (χ0n) is 14.9. The predicted molar refractivity (Wildman–Crippen MR) is 101 cm³/mol. The zero-order chi connectivity index (χ0) is 17.5. The maximum absolute atomic E-state index is 4.39.